The topological polar surface area (TPSA) is 125 Å². The molecule has 0 fully saturated rings. The molecule has 9 heteroatoms. The number of hydrogen-bond donors (Lipinski definition) is 1. The van der Waals surface area contributed by atoms with Gasteiger partial charge in [0.2, 0.25) is 0 Å². The molecule has 0 spiro atoms. The van der Waals surface area contributed by atoms with Crippen molar-refractivity contribution in [2.75, 3.05) is 7.11 Å². The van der Waals surface area contributed by atoms with Crippen LogP contribution in [0.3, 0.4) is 0 Å². The van der Waals surface area contributed by atoms with Gasteiger partial charge in [-0.25, -0.2) is 4.79 Å². The van der Waals surface area contributed by atoms with E-state index in [1.807, 2.05) is 194 Å². The highest BCUT2D eigenvalue weighted by Crippen LogP contribution is 2.61. The van der Waals surface area contributed by atoms with Crippen LogP contribution in [0.25, 0.3) is 165 Å². The first-order valence-corrected chi connectivity index (χ1v) is 36.5. The van der Waals surface area contributed by atoms with Crippen molar-refractivity contribution in [3.8, 4) is 33.4 Å². The van der Waals surface area contributed by atoms with Crippen molar-refractivity contribution in [1.82, 2.24) is 0 Å². The van der Waals surface area contributed by atoms with Crippen LogP contribution in [0, 0.1) is 0 Å². The summed E-state index contributed by atoms with van der Waals surface area (Å²) >= 11 is 0. The number of hydrogen-bond acceptors (Lipinski definition) is 9. The molecule has 6 aromatic heterocycles. The highest BCUT2D eigenvalue weighted by atomic mass is 16.5. The van der Waals surface area contributed by atoms with Crippen molar-refractivity contribution in [3.63, 3.8) is 0 Å². The summed E-state index contributed by atoms with van der Waals surface area (Å²) in [6.07, 6.45) is 0. The number of rotatable bonds is 8. The Bertz CT molecular complexity index is 7300. The van der Waals surface area contributed by atoms with Crippen LogP contribution in [-0.4, -0.2) is 18.2 Å². The Balaban J connectivity index is 0.000000105. The third kappa shape index (κ3) is 9.53. The summed E-state index contributed by atoms with van der Waals surface area (Å²) in [5, 5.41) is 25.4. The highest BCUT2D eigenvalue weighted by Gasteiger charge is 2.49. The molecule has 0 radical (unpaired) electrons. The summed E-state index contributed by atoms with van der Waals surface area (Å²) in [6.45, 7) is 0. The zero-order valence-electron chi connectivity index (χ0n) is 58.7. The molecule has 6 heterocycles. The monoisotopic (exact) mass is 1410 g/mol. The van der Waals surface area contributed by atoms with Crippen molar-refractivity contribution in [2.45, 2.75) is 11.0 Å². The molecular weight excluding hydrogens is 1350 g/mol. The van der Waals surface area contributed by atoms with Crippen molar-refractivity contribution in [1.29, 1.82) is 0 Å². The van der Waals surface area contributed by atoms with Crippen molar-refractivity contribution in [3.05, 3.63) is 396 Å². The van der Waals surface area contributed by atoms with Gasteiger partial charge >= 0.3 is 5.97 Å². The minimum absolute atomic E-state index is 0.398. The van der Waals surface area contributed by atoms with Crippen molar-refractivity contribution < 1.29 is 41.1 Å². The number of furan rings is 6. The van der Waals surface area contributed by atoms with Gasteiger partial charge in [0, 0.05) is 104 Å². The average Bonchev–Trinajstić information content (AvgIpc) is 1.51. The number of benzene rings is 16. The molecule has 1 aliphatic carbocycles. The fourth-order valence-corrected chi connectivity index (χ4v) is 17.5. The van der Waals surface area contributed by atoms with E-state index in [0.717, 1.165) is 171 Å². The van der Waals surface area contributed by atoms with Gasteiger partial charge in [-0.15, -0.1) is 0 Å². The molecule has 0 bridgehead atoms. The molecule has 23 rings (SSSR count). The average molecular weight is 1410 g/mol. The van der Waals surface area contributed by atoms with Gasteiger partial charge in [0.15, 0.2) is 0 Å². The zero-order valence-corrected chi connectivity index (χ0v) is 58.7. The van der Waals surface area contributed by atoms with Crippen LogP contribution >= 0.6 is 0 Å². The van der Waals surface area contributed by atoms with Gasteiger partial charge < -0.3 is 36.3 Å². The van der Waals surface area contributed by atoms with E-state index in [1.54, 1.807) is 6.07 Å². The van der Waals surface area contributed by atoms with Crippen LogP contribution < -0.4 is 0 Å². The molecule has 1 aliphatic rings. The first-order chi connectivity index (χ1) is 53.8. The Kier molecular flexibility index (Phi) is 14.5. The summed E-state index contributed by atoms with van der Waals surface area (Å²) in [5.74, 6) is -0.398. The molecule has 0 amide bonds. The number of para-hydroxylation sites is 8. The van der Waals surface area contributed by atoms with E-state index >= 15 is 0 Å². The van der Waals surface area contributed by atoms with Gasteiger partial charge in [-0.3, -0.25) is 0 Å². The van der Waals surface area contributed by atoms with E-state index in [9.17, 15) is 9.90 Å². The lowest BCUT2D eigenvalue weighted by atomic mass is 9.67. The van der Waals surface area contributed by atoms with Gasteiger partial charge in [0.05, 0.1) is 18.1 Å². The van der Waals surface area contributed by atoms with E-state index in [2.05, 4.69) is 152 Å². The van der Waals surface area contributed by atoms with E-state index in [-0.39, 0.29) is 0 Å². The predicted molar refractivity (Wildman–Crippen MR) is 437 cm³/mol. The maximum Gasteiger partial charge on any atom is 0.338 e. The normalized spacial score (nSPS) is 12.6. The maximum atomic E-state index is 13.0. The number of methoxy groups -OCH3 is 1. The Morgan fingerprint density at radius 2 is 0.624 bits per heavy atom. The van der Waals surface area contributed by atoms with E-state index < -0.39 is 17.0 Å². The number of carbonyl (C=O) groups is 1. The highest BCUT2D eigenvalue weighted by molar-refractivity contribution is 6.24. The van der Waals surface area contributed by atoms with Gasteiger partial charge in [-0.2, -0.15) is 0 Å². The van der Waals surface area contributed by atoms with Crippen LogP contribution in [0.2, 0.25) is 0 Å². The molecule has 0 unspecified atom stereocenters. The van der Waals surface area contributed by atoms with Crippen LogP contribution in [0.1, 0.15) is 49.3 Å². The van der Waals surface area contributed by atoms with Gasteiger partial charge in [-0.1, -0.05) is 291 Å². The second kappa shape index (κ2) is 25.0. The standard InChI is InChI=1S/C37H24O3.C37H22O2.C26H16O4/c38-37(24-12-3-1-4-13-24,25-14-5-2-6-15-25)30-22-23-33-35(28-17-8-10-21-32(28)39-33)34(30)29-19-11-18-27-26-16-7-9-20-31(26)40-36(27)29;1-3-11-23(12-4-1)37(24-13-5-2-6-14-24)28-21-22-32-33(27-16-8-10-18-31(27)38-32)34(28)35-29(37)20-19-26-25-15-7-9-17-30(25)39-36(26)35;1-28-26(27)19-13-14-22-24(17-8-3-5-12-21(17)29-22)23(19)18-10-6-9-16-15-7-2-4-11-20(15)30-25(16)18/h1-23,38H;1-22H;2-14H,1H3. The van der Waals surface area contributed by atoms with Crippen molar-refractivity contribution >= 4 is 138 Å². The number of carbonyl (C=O) groups excluding carboxylic acids is 1. The zero-order chi connectivity index (χ0) is 72.5. The third-order valence-electron chi connectivity index (χ3n) is 22.2. The van der Waals surface area contributed by atoms with Gasteiger partial charge in [0.1, 0.15) is 72.6 Å². The molecule has 22 aromatic rings. The Hall–Kier alpha value is -14.3. The molecule has 9 nitrogen and oxygen atoms in total. The molecular formula is C100H62O9. The Morgan fingerprint density at radius 1 is 0.284 bits per heavy atom. The quantitative estimate of drug-likeness (QED) is 0.117. The Morgan fingerprint density at radius 3 is 1.09 bits per heavy atom. The number of ether oxygens (including phenoxy) is 1. The Labute approximate surface area is 622 Å². The SMILES string of the molecule is COC(=O)c1ccc2oc3ccccc3c2c1-c1cccc2c1oc1ccccc12.OC(c1ccccc1)(c1ccccc1)c1ccc2oc3ccccc3c2c1-c1cccc2c1oc1ccccc12.c1ccc(C2(c3ccccc3)c3ccc4c(oc5ccccc54)c3-c3c2ccc2oc4ccccc4c32)cc1. The van der Waals surface area contributed by atoms with Crippen LogP contribution in [0.4, 0.5) is 0 Å². The second-order valence-corrected chi connectivity index (χ2v) is 27.8. The maximum absolute atomic E-state index is 13.0. The molecule has 0 saturated carbocycles. The third-order valence-corrected chi connectivity index (χ3v) is 22.2. The molecule has 516 valence electrons. The summed E-state index contributed by atoms with van der Waals surface area (Å²) < 4.78 is 43.5. The largest absolute Gasteiger partial charge is 0.465 e. The lowest BCUT2D eigenvalue weighted by Gasteiger charge is -2.33. The fraction of sp³-hybridized carbons (Fsp3) is 0.0300. The summed E-state index contributed by atoms with van der Waals surface area (Å²) in [5.41, 5.74) is 21.4. The lowest BCUT2D eigenvalue weighted by Crippen LogP contribution is -2.29. The summed E-state index contributed by atoms with van der Waals surface area (Å²) in [7, 11) is 1.39. The first-order valence-electron chi connectivity index (χ1n) is 36.5. The lowest BCUT2D eigenvalue weighted by molar-refractivity contribution is 0.0601. The molecule has 0 aliphatic heterocycles. The number of aliphatic hydroxyl groups is 1. The van der Waals surface area contributed by atoms with E-state index in [1.165, 1.54) is 34.9 Å². The minimum Gasteiger partial charge on any atom is -0.465 e. The van der Waals surface area contributed by atoms with E-state index in [0.29, 0.717) is 11.1 Å². The van der Waals surface area contributed by atoms with Gasteiger partial charge in [0.25, 0.3) is 0 Å². The van der Waals surface area contributed by atoms with Gasteiger partial charge in [-0.05, 0) is 94.0 Å². The molecule has 0 atom stereocenters. The summed E-state index contributed by atoms with van der Waals surface area (Å²) in [6, 6.07) is 119. The predicted octanol–water partition coefficient (Wildman–Crippen LogP) is 26.2. The number of fused-ring (bicyclic) bond motifs is 23. The molecule has 109 heavy (non-hydrogen) atoms. The molecule has 1 N–H and O–H groups in total. The molecule has 16 aromatic carbocycles. The fourth-order valence-electron chi connectivity index (χ4n) is 17.5. The van der Waals surface area contributed by atoms with E-state index in [4.69, 9.17) is 31.2 Å². The minimum atomic E-state index is -1.45. The first kappa shape index (κ1) is 63.2. The second-order valence-electron chi connectivity index (χ2n) is 27.8. The molecule has 0 saturated heterocycles. The van der Waals surface area contributed by atoms with Crippen molar-refractivity contribution in [2.24, 2.45) is 0 Å². The summed E-state index contributed by atoms with van der Waals surface area (Å²) in [4.78, 5) is 12.7. The van der Waals surface area contributed by atoms with Crippen LogP contribution in [0.15, 0.2) is 378 Å². The van der Waals surface area contributed by atoms with Crippen LogP contribution in [-0.2, 0) is 15.8 Å². The smallest absolute Gasteiger partial charge is 0.338 e. The van der Waals surface area contributed by atoms with Crippen LogP contribution in [0.5, 0.6) is 0 Å². The number of esters is 1.